The second kappa shape index (κ2) is 12.9. The molecular formula is C54H34N4. The third-order valence-electron chi connectivity index (χ3n) is 11.7. The highest BCUT2D eigenvalue weighted by Gasteiger charge is 2.20. The van der Waals surface area contributed by atoms with E-state index in [0.29, 0.717) is 5.82 Å². The van der Waals surface area contributed by atoms with E-state index >= 15 is 0 Å². The summed E-state index contributed by atoms with van der Waals surface area (Å²) in [5.74, 6) is 0.708. The van der Waals surface area contributed by atoms with Crippen LogP contribution in [0.1, 0.15) is 0 Å². The van der Waals surface area contributed by atoms with Gasteiger partial charge < -0.3 is 9.13 Å². The smallest absolute Gasteiger partial charge is 0.160 e. The summed E-state index contributed by atoms with van der Waals surface area (Å²) >= 11 is 0. The molecule has 4 nitrogen and oxygen atoms in total. The molecule has 0 aliphatic rings. The third-order valence-corrected chi connectivity index (χ3v) is 11.7. The molecule has 0 fully saturated rings. The Morgan fingerprint density at radius 3 is 1.64 bits per heavy atom. The summed E-state index contributed by atoms with van der Waals surface area (Å²) in [6.45, 7) is 0. The lowest BCUT2D eigenvalue weighted by atomic mass is 10.0. The first-order chi connectivity index (χ1) is 28.7. The van der Waals surface area contributed by atoms with Crippen molar-refractivity contribution in [3.05, 3.63) is 206 Å². The molecule has 0 saturated heterocycles. The van der Waals surface area contributed by atoms with Crippen LogP contribution in [-0.4, -0.2) is 19.1 Å². The fourth-order valence-electron chi connectivity index (χ4n) is 8.98. The summed E-state index contributed by atoms with van der Waals surface area (Å²) in [7, 11) is 0. The number of rotatable bonds is 5. The topological polar surface area (TPSA) is 35.6 Å². The van der Waals surface area contributed by atoms with Crippen molar-refractivity contribution in [3.8, 4) is 45.3 Å². The van der Waals surface area contributed by atoms with Crippen LogP contribution in [0, 0.1) is 0 Å². The number of hydrogen-bond donors (Lipinski definition) is 0. The maximum absolute atomic E-state index is 5.10. The van der Waals surface area contributed by atoms with Gasteiger partial charge in [0.05, 0.1) is 33.5 Å². The molecule has 270 valence electrons. The normalized spacial score (nSPS) is 11.8. The van der Waals surface area contributed by atoms with Crippen molar-refractivity contribution in [2.24, 2.45) is 0 Å². The molecule has 58 heavy (non-hydrogen) atoms. The minimum Gasteiger partial charge on any atom is -0.309 e. The van der Waals surface area contributed by atoms with Crippen LogP contribution in [0.3, 0.4) is 0 Å². The lowest BCUT2D eigenvalue weighted by Crippen LogP contribution is -1.97. The highest BCUT2D eigenvalue weighted by atomic mass is 15.0. The lowest BCUT2D eigenvalue weighted by molar-refractivity contribution is 1.17. The SMILES string of the molecule is c1ccc(-c2cc(-c3ccccc3)nc(-c3ccc4cc(-n5c6ccccc6c6cc7c8c9ccccc9ccc8n(-c8ccccc8)c7cc65)ccc4c3)n2)cc1. The molecule has 3 heterocycles. The Morgan fingerprint density at radius 1 is 0.293 bits per heavy atom. The molecule has 0 bridgehead atoms. The number of fused-ring (bicyclic) bond motifs is 9. The van der Waals surface area contributed by atoms with Crippen molar-refractivity contribution in [2.45, 2.75) is 0 Å². The molecule has 0 radical (unpaired) electrons. The first kappa shape index (κ1) is 32.4. The third kappa shape index (κ3) is 5.09. The van der Waals surface area contributed by atoms with Gasteiger partial charge in [-0.1, -0.05) is 146 Å². The maximum Gasteiger partial charge on any atom is 0.160 e. The molecule has 9 aromatic carbocycles. The van der Waals surface area contributed by atoms with Gasteiger partial charge in [0.15, 0.2) is 5.82 Å². The fourth-order valence-corrected chi connectivity index (χ4v) is 8.98. The summed E-state index contributed by atoms with van der Waals surface area (Å²) in [4.78, 5) is 10.2. The monoisotopic (exact) mass is 738 g/mol. The molecule has 12 rings (SSSR count). The van der Waals surface area contributed by atoms with E-state index in [-0.39, 0.29) is 0 Å². The van der Waals surface area contributed by atoms with E-state index in [1.54, 1.807) is 0 Å². The van der Waals surface area contributed by atoms with E-state index in [2.05, 4.69) is 203 Å². The summed E-state index contributed by atoms with van der Waals surface area (Å²) in [6.07, 6.45) is 0. The highest BCUT2D eigenvalue weighted by Crippen LogP contribution is 2.42. The molecule has 12 aromatic rings. The predicted octanol–water partition coefficient (Wildman–Crippen LogP) is 14.0. The molecule has 0 N–H and O–H groups in total. The van der Waals surface area contributed by atoms with Crippen LogP contribution in [-0.2, 0) is 0 Å². The van der Waals surface area contributed by atoms with E-state index in [4.69, 9.17) is 9.97 Å². The zero-order chi connectivity index (χ0) is 38.2. The first-order valence-corrected chi connectivity index (χ1v) is 19.7. The average molecular weight is 739 g/mol. The lowest BCUT2D eigenvalue weighted by Gasteiger charge is -2.12. The summed E-state index contributed by atoms with van der Waals surface area (Å²) < 4.78 is 4.86. The van der Waals surface area contributed by atoms with E-state index in [1.165, 1.54) is 54.4 Å². The predicted molar refractivity (Wildman–Crippen MR) is 242 cm³/mol. The van der Waals surface area contributed by atoms with Crippen LogP contribution in [0.15, 0.2) is 206 Å². The van der Waals surface area contributed by atoms with E-state index < -0.39 is 0 Å². The Bertz CT molecular complexity index is 3490. The molecule has 0 spiro atoms. The van der Waals surface area contributed by atoms with Crippen molar-refractivity contribution >= 4 is 65.2 Å². The number of benzene rings is 9. The number of hydrogen-bond acceptors (Lipinski definition) is 2. The van der Waals surface area contributed by atoms with Crippen LogP contribution >= 0.6 is 0 Å². The van der Waals surface area contributed by atoms with Gasteiger partial charge in [-0.3, -0.25) is 0 Å². The molecule has 0 saturated carbocycles. The standard InChI is InChI=1S/C54H34N4/c1-4-15-36(16-5-1)47-33-48(37-17-6-2-7-18-37)56-54(55-47)40-25-24-39-31-42(28-26-38(39)30-40)58-49-23-13-12-22-44(49)45-32-46-52(34-51(45)58)57(41-19-8-3-9-20-41)50-29-27-35-14-10-11-21-43(35)53(46)50/h1-34H. The minimum absolute atomic E-state index is 0.708. The second-order valence-corrected chi connectivity index (χ2v) is 15.0. The molecule has 0 atom stereocenters. The number of para-hydroxylation sites is 2. The van der Waals surface area contributed by atoms with Crippen molar-refractivity contribution in [1.82, 2.24) is 19.1 Å². The van der Waals surface area contributed by atoms with E-state index in [0.717, 1.165) is 50.2 Å². The zero-order valence-corrected chi connectivity index (χ0v) is 31.4. The summed E-state index contributed by atoms with van der Waals surface area (Å²) in [5.41, 5.74) is 11.9. The quantitative estimate of drug-likeness (QED) is 0.176. The van der Waals surface area contributed by atoms with Gasteiger partial charge in [-0.2, -0.15) is 0 Å². The van der Waals surface area contributed by atoms with Crippen LogP contribution in [0.4, 0.5) is 0 Å². The second-order valence-electron chi connectivity index (χ2n) is 15.0. The van der Waals surface area contributed by atoms with Gasteiger partial charge in [-0.15, -0.1) is 0 Å². The van der Waals surface area contributed by atoms with E-state index in [9.17, 15) is 0 Å². The van der Waals surface area contributed by atoms with Crippen molar-refractivity contribution in [2.75, 3.05) is 0 Å². The Labute approximate surface area is 334 Å². The van der Waals surface area contributed by atoms with Crippen molar-refractivity contribution < 1.29 is 0 Å². The average Bonchev–Trinajstić information content (AvgIpc) is 3.80. The van der Waals surface area contributed by atoms with Gasteiger partial charge in [0.1, 0.15) is 0 Å². The van der Waals surface area contributed by atoms with Crippen LogP contribution in [0.2, 0.25) is 0 Å². The Morgan fingerprint density at radius 2 is 0.879 bits per heavy atom. The molecule has 0 unspecified atom stereocenters. The summed E-state index contributed by atoms with van der Waals surface area (Å²) in [5, 5.41) is 9.82. The van der Waals surface area contributed by atoms with Gasteiger partial charge in [-0.05, 0) is 82.2 Å². The number of aromatic nitrogens is 4. The van der Waals surface area contributed by atoms with Gasteiger partial charge in [-0.25, -0.2) is 9.97 Å². The Hall–Kier alpha value is -7.82. The van der Waals surface area contributed by atoms with E-state index in [1.807, 2.05) is 12.1 Å². The van der Waals surface area contributed by atoms with Crippen LogP contribution in [0.5, 0.6) is 0 Å². The highest BCUT2D eigenvalue weighted by molar-refractivity contribution is 6.25. The molecule has 0 aliphatic heterocycles. The Balaban J connectivity index is 1.05. The molecule has 3 aromatic heterocycles. The molecule has 0 amide bonds. The maximum atomic E-state index is 5.10. The van der Waals surface area contributed by atoms with Crippen LogP contribution in [0.25, 0.3) is 110 Å². The van der Waals surface area contributed by atoms with Crippen LogP contribution < -0.4 is 0 Å². The van der Waals surface area contributed by atoms with Gasteiger partial charge >= 0.3 is 0 Å². The first-order valence-electron chi connectivity index (χ1n) is 19.7. The molecule has 0 aliphatic carbocycles. The van der Waals surface area contributed by atoms with Crippen molar-refractivity contribution in [1.29, 1.82) is 0 Å². The largest absolute Gasteiger partial charge is 0.309 e. The molecule has 4 heteroatoms. The fraction of sp³-hybridized carbons (Fsp3) is 0. The van der Waals surface area contributed by atoms with Gasteiger partial charge in [0.25, 0.3) is 0 Å². The zero-order valence-electron chi connectivity index (χ0n) is 31.4. The summed E-state index contributed by atoms with van der Waals surface area (Å²) in [6, 6.07) is 73.8. The molecular weight excluding hydrogens is 705 g/mol. The Kier molecular flexibility index (Phi) is 7.20. The van der Waals surface area contributed by atoms with Gasteiger partial charge in [0, 0.05) is 49.6 Å². The van der Waals surface area contributed by atoms with Crippen molar-refractivity contribution in [3.63, 3.8) is 0 Å². The minimum atomic E-state index is 0.708. The number of nitrogens with zero attached hydrogens (tertiary/aromatic N) is 4. The van der Waals surface area contributed by atoms with Gasteiger partial charge in [0.2, 0.25) is 0 Å².